The van der Waals surface area contributed by atoms with Gasteiger partial charge < -0.3 is 40.3 Å². The van der Waals surface area contributed by atoms with Crippen molar-refractivity contribution in [3.05, 3.63) is 48.6 Å². The second-order valence-corrected chi connectivity index (χ2v) is 22.6. The van der Waals surface area contributed by atoms with E-state index in [0.29, 0.717) is 6.42 Å². The second kappa shape index (κ2) is 55.5. The third-order valence-corrected chi connectivity index (χ3v) is 15.4. The maximum absolute atomic E-state index is 13.1. The van der Waals surface area contributed by atoms with Crippen molar-refractivity contribution >= 4 is 5.91 Å². The lowest BCUT2D eigenvalue weighted by molar-refractivity contribution is -0.302. The quantitative estimate of drug-likeness (QED) is 0.0261. The minimum Gasteiger partial charge on any atom is -0.394 e. The number of carbonyl (C=O) groups is 1. The Morgan fingerprint density at radius 3 is 1.16 bits per heavy atom. The number of ether oxygens (including phenoxy) is 2. The molecule has 7 unspecified atom stereocenters. The van der Waals surface area contributed by atoms with Crippen molar-refractivity contribution < 1.29 is 39.8 Å². The van der Waals surface area contributed by atoms with Crippen molar-refractivity contribution in [2.24, 2.45) is 0 Å². The van der Waals surface area contributed by atoms with E-state index in [1.165, 1.54) is 225 Å². The molecule has 0 saturated carbocycles. The molecule has 1 fully saturated rings. The smallest absolute Gasteiger partial charge is 0.220 e. The van der Waals surface area contributed by atoms with Crippen molar-refractivity contribution in [3.8, 4) is 0 Å². The van der Waals surface area contributed by atoms with Crippen molar-refractivity contribution in [3.63, 3.8) is 0 Å². The molecule has 1 heterocycles. The fourth-order valence-corrected chi connectivity index (χ4v) is 10.3. The van der Waals surface area contributed by atoms with Crippen LogP contribution in [0.25, 0.3) is 0 Å². The van der Waals surface area contributed by atoms with Crippen LogP contribution in [-0.2, 0) is 14.3 Å². The van der Waals surface area contributed by atoms with Crippen LogP contribution in [0.15, 0.2) is 48.6 Å². The highest BCUT2D eigenvalue weighted by atomic mass is 16.7. The third kappa shape index (κ3) is 44.7. The van der Waals surface area contributed by atoms with Crippen LogP contribution in [0.5, 0.6) is 0 Å². The molecular weight excluding hydrogens is 935 g/mol. The third-order valence-electron chi connectivity index (χ3n) is 15.4. The number of nitrogens with one attached hydrogen (secondary N) is 1. The predicted octanol–water partition coefficient (Wildman–Crippen LogP) is 16.9. The van der Waals surface area contributed by atoms with E-state index in [0.717, 1.165) is 64.2 Å². The van der Waals surface area contributed by atoms with E-state index in [1.807, 2.05) is 6.08 Å². The van der Waals surface area contributed by atoms with Gasteiger partial charge in [-0.05, 0) is 57.8 Å². The lowest BCUT2D eigenvalue weighted by Crippen LogP contribution is -2.60. The molecular formula is C66H123NO8. The zero-order chi connectivity index (χ0) is 54.3. The largest absolute Gasteiger partial charge is 0.394 e. The van der Waals surface area contributed by atoms with E-state index >= 15 is 0 Å². The van der Waals surface area contributed by atoms with Crippen LogP contribution in [-0.4, -0.2) is 87.5 Å². The molecule has 0 aromatic rings. The van der Waals surface area contributed by atoms with Gasteiger partial charge >= 0.3 is 0 Å². The molecule has 0 aliphatic carbocycles. The fourth-order valence-electron chi connectivity index (χ4n) is 10.3. The molecule has 75 heavy (non-hydrogen) atoms. The van der Waals surface area contributed by atoms with Gasteiger partial charge in [-0.1, -0.05) is 294 Å². The average Bonchev–Trinajstić information content (AvgIpc) is 3.41. The lowest BCUT2D eigenvalue weighted by Gasteiger charge is -2.40. The van der Waals surface area contributed by atoms with Crippen LogP contribution in [0.4, 0.5) is 0 Å². The molecule has 1 aliphatic rings. The van der Waals surface area contributed by atoms with Crippen LogP contribution in [0, 0.1) is 0 Å². The van der Waals surface area contributed by atoms with Gasteiger partial charge in [0.2, 0.25) is 5.91 Å². The molecule has 1 aliphatic heterocycles. The molecule has 9 heteroatoms. The molecule has 0 spiro atoms. The summed E-state index contributed by atoms with van der Waals surface area (Å²) >= 11 is 0. The molecule has 9 nitrogen and oxygen atoms in total. The standard InChI is InChI=1S/C66H123NO8/c1-3-5-7-9-11-13-15-17-19-21-23-25-26-27-28-29-30-31-32-33-34-36-37-39-41-43-45-47-49-51-53-55-60(69)59(58-74-66-65(73)64(72)63(71)61(57-68)75-66)67-62(70)56-54-52-50-48-46-44-42-40-38-35-24-22-20-18-16-14-12-10-8-6-4-2/h16,18,22,24,38,40,53,55,59-61,63-66,68-69,71-73H,3-15,17,19-21,23,25-37,39,41-52,54,56-58H2,1-2H3,(H,67,70)/b18-16-,24-22-,40-38-,55-53+. The number of carbonyl (C=O) groups excluding carboxylic acids is 1. The Balaban J connectivity index is 2.17. The maximum Gasteiger partial charge on any atom is 0.220 e. The Hall–Kier alpha value is -1.85. The summed E-state index contributed by atoms with van der Waals surface area (Å²) in [7, 11) is 0. The summed E-state index contributed by atoms with van der Waals surface area (Å²) in [5.74, 6) is -0.186. The summed E-state index contributed by atoms with van der Waals surface area (Å²) in [6, 6.07) is -0.815. The highest BCUT2D eigenvalue weighted by molar-refractivity contribution is 5.76. The molecule has 0 radical (unpaired) electrons. The maximum atomic E-state index is 13.1. The highest BCUT2D eigenvalue weighted by Gasteiger charge is 2.44. The molecule has 440 valence electrons. The lowest BCUT2D eigenvalue weighted by atomic mass is 9.99. The first-order chi connectivity index (χ1) is 36.8. The zero-order valence-corrected chi connectivity index (χ0v) is 49.1. The zero-order valence-electron chi connectivity index (χ0n) is 49.1. The summed E-state index contributed by atoms with van der Waals surface area (Å²) in [5, 5.41) is 54.6. The van der Waals surface area contributed by atoms with E-state index in [-0.39, 0.29) is 12.5 Å². The van der Waals surface area contributed by atoms with Gasteiger partial charge in [-0.25, -0.2) is 0 Å². The number of aliphatic hydroxyl groups excluding tert-OH is 5. The van der Waals surface area contributed by atoms with Gasteiger partial charge in [-0.3, -0.25) is 4.79 Å². The highest BCUT2D eigenvalue weighted by Crippen LogP contribution is 2.23. The molecule has 0 aromatic heterocycles. The number of allylic oxidation sites excluding steroid dienone is 7. The van der Waals surface area contributed by atoms with E-state index in [4.69, 9.17) is 9.47 Å². The summed E-state index contributed by atoms with van der Waals surface area (Å²) < 4.78 is 11.3. The van der Waals surface area contributed by atoms with E-state index in [9.17, 15) is 30.3 Å². The number of amides is 1. The van der Waals surface area contributed by atoms with Crippen LogP contribution in [0.1, 0.15) is 309 Å². The summed E-state index contributed by atoms with van der Waals surface area (Å²) in [4.78, 5) is 13.1. The van der Waals surface area contributed by atoms with E-state index in [2.05, 4.69) is 55.6 Å². The molecule has 1 saturated heterocycles. The first-order valence-corrected chi connectivity index (χ1v) is 32.4. The molecule has 1 amide bonds. The van der Waals surface area contributed by atoms with Gasteiger partial charge in [-0.2, -0.15) is 0 Å². The number of hydrogen-bond donors (Lipinski definition) is 6. The second-order valence-electron chi connectivity index (χ2n) is 22.6. The normalized spacial score (nSPS) is 19.2. The monoisotopic (exact) mass is 1060 g/mol. The van der Waals surface area contributed by atoms with Crippen LogP contribution < -0.4 is 5.32 Å². The summed E-state index contributed by atoms with van der Waals surface area (Å²) in [6.45, 7) is 3.79. The Bertz CT molecular complexity index is 1320. The first kappa shape index (κ1) is 71.2. The molecule has 6 N–H and O–H groups in total. The van der Waals surface area contributed by atoms with Crippen LogP contribution in [0.2, 0.25) is 0 Å². The van der Waals surface area contributed by atoms with Crippen molar-refractivity contribution in [2.75, 3.05) is 13.2 Å². The van der Waals surface area contributed by atoms with Gasteiger partial charge in [0.1, 0.15) is 24.4 Å². The molecule has 1 rings (SSSR count). The van der Waals surface area contributed by atoms with Crippen molar-refractivity contribution in [1.82, 2.24) is 5.32 Å². The Labute approximate surface area is 463 Å². The Morgan fingerprint density at radius 1 is 0.453 bits per heavy atom. The number of unbranched alkanes of at least 4 members (excludes halogenated alkanes) is 40. The molecule has 0 aromatic carbocycles. The van der Waals surface area contributed by atoms with Gasteiger partial charge in [0.15, 0.2) is 6.29 Å². The van der Waals surface area contributed by atoms with Gasteiger partial charge in [-0.15, -0.1) is 0 Å². The number of aliphatic hydroxyl groups is 5. The SMILES string of the molecule is CCCCCCC/C=C\C/C=C\C/C=C\CCCCCCCCC(=O)NC(COC1OC(CO)C(O)C(O)C1O)C(O)/C=C/CCCCCCCCCCCCCCCCCCCCCCCCCCCCCCC. The predicted molar refractivity (Wildman–Crippen MR) is 318 cm³/mol. The Morgan fingerprint density at radius 2 is 0.787 bits per heavy atom. The van der Waals surface area contributed by atoms with Crippen molar-refractivity contribution in [1.29, 1.82) is 0 Å². The topological polar surface area (TPSA) is 149 Å². The Kier molecular flexibility index (Phi) is 52.6. The van der Waals surface area contributed by atoms with Gasteiger partial charge in [0, 0.05) is 6.42 Å². The number of hydrogen-bond acceptors (Lipinski definition) is 8. The van der Waals surface area contributed by atoms with Crippen molar-refractivity contribution in [2.45, 2.75) is 352 Å². The van der Waals surface area contributed by atoms with Crippen LogP contribution >= 0.6 is 0 Å². The molecule has 7 atom stereocenters. The minimum absolute atomic E-state index is 0.186. The summed E-state index contributed by atoms with van der Waals surface area (Å²) in [6.07, 6.45) is 67.7. The van der Waals surface area contributed by atoms with E-state index < -0.39 is 49.5 Å². The first-order valence-electron chi connectivity index (χ1n) is 32.4. The average molecular weight is 1060 g/mol. The van der Waals surface area contributed by atoms with E-state index in [1.54, 1.807) is 6.08 Å². The number of rotatable bonds is 56. The summed E-state index contributed by atoms with van der Waals surface area (Å²) in [5.41, 5.74) is 0. The van der Waals surface area contributed by atoms with Gasteiger partial charge in [0.05, 0.1) is 25.4 Å². The minimum atomic E-state index is -1.57. The molecule has 0 bridgehead atoms. The van der Waals surface area contributed by atoms with Crippen LogP contribution in [0.3, 0.4) is 0 Å². The fraction of sp³-hybridized carbons (Fsp3) is 0.864. The van der Waals surface area contributed by atoms with Gasteiger partial charge in [0.25, 0.3) is 0 Å².